The monoisotopic (exact) mass is 453 g/mol. The van der Waals surface area contributed by atoms with Crippen molar-refractivity contribution < 1.29 is 19.0 Å². The van der Waals surface area contributed by atoms with Crippen LogP contribution in [0.1, 0.15) is 55.4 Å². The summed E-state index contributed by atoms with van der Waals surface area (Å²) in [6.45, 7) is 10.7. The first-order chi connectivity index (χ1) is 16.0. The molecule has 0 amide bonds. The minimum Gasteiger partial charge on any atom is -0.493 e. The third kappa shape index (κ3) is 10.1. The van der Waals surface area contributed by atoms with Gasteiger partial charge in [0.05, 0.1) is 18.9 Å². The van der Waals surface area contributed by atoms with Gasteiger partial charge in [0.1, 0.15) is 25.2 Å². The molecule has 0 fully saturated rings. The van der Waals surface area contributed by atoms with Crippen LogP contribution in [0.15, 0.2) is 53.7 Å². The zero-order valence-corrected chi connectivity index (χ0v) is 20.9. The number of hydrogen-bond acceptors (Lipinski definition) is 5. The van der Waals surface area contributed by atoms with Gasteiger partial charge in [0.25, 0.3) is 0 Å². The third-order valence-corrected chi connectivity index (χ3v) is 5.26. The molecule has 0 saturated carbocycles. The van der Waals surface area contributed by atoms with Crippen LogP contribution in [0.25, 0.3) is 0 Å². The molecule has 0 aliphatic rings. The number of unbranched alkanes of at least 4 members (excludes halogenated alkanes) is 1. The molecule has 2 rings (SSSR count). The summed E-state index contributed by atoms with van der Waals surface area (Å²) in [5, 5.41) is 3.95. The maximum absolute atomic E-state index is 6.04. The number of ether oxygens (including phenoxy) is 3. The van der Waals surface area contributed by atoms with Gasteiger partial charge in [0, 0.05) is 6.61 Å². The van der Waals surface area contributed by atoms with Crippen LogP contribution >= 0.6 is 0 Å². The largest absolute Gasteiger partial charge is 0.493 e. The van der Waals surface area contributed by atoms with E-state index in [0.717, 1.165) is 60.6 Å². The second-order valence-corrected chi connectivity index (χ2v) is 8.20. The standard InChI is InChI=1S/C28H39NO4/c1-6-7-17-32-27-19-22(2)28(23(3)20-27)33-18-9-8-16-31-21-26-14-12-25(13-15-26)11-10-24(4)29-30-5/h6-7,12-15,19-20H,8-11,16-18,21H2,1-5H3/b7-6+,29-24?. The van der Waals surface area contributed by atoms with Gasteiger partial charge in [-0.2, -0.15) is 0 Å². The van der Waals surface area contributed by atoms with Crippen molar-refractivity contribution >= 4 is 5.71 Å². The molecule has 180 valence electrons. The first-order valence-corrected chi connectivity index (χ1v) is 11.7. The molecule has 2 aromatic carbocycles. The highest BCUT2D eigenvalue weighted by Gasteiger charge is 2.07. The maximum atomic E-state index is 6.04. The Hall–Kier alpha value is -2.79. The summed E-state index contributed by atoms with van der Waals surface area (Å²) in [7, 11) is 1.58. The molecule has 0 bridgehead atoms. The van der Waals surface area contributed by atoms with Crippen molar-refractivity contribution in [2.45, 2.75) is 60.0 Å². The smallest absolute Gasteiger partial charge is 0.125 e. The Morgan fingerprint density at radius 3 is 2.27 bits per heavy atom. The second kappa shape index (κ2) is 15.1. The number of oxime groups is 1. The number of rotatable bonds is 15. The van der Waals surface area contributed by atoms with Gasteiger partial charge in [0.2, 0.25) is 0 Å². The molecule has 0 aliphatic heterocycles. The van der Waals surface area contributed by atoms with Crippen LogP contribution in [0.4, 0.5) is 0 Å². The average molecular weight is 454 g/mol. The van der Waals surface area contributed by atoms with Crippen LogP contribution in [0.5, 0.6) is 11.5 Å². The Balaban J connectivity index is 1.63. The zero-order chi connectivity index (χ0) is 23.9. The van der Waals surface area contributed by atoms with E-state index < -0.39 is 0 Å². The Bertz CT molecular complexity index is 864. The molecule has 0 aliphatic carbocycles. The third-order valence-electron chi connectivity index (χ3n) is 5.26. The highest BCUT2D eigenvalue weighted by Crippen LogP contribution is 2.28. The molecule has 5 heteroatoms. The molecule has 33 heavy (non-hydrogen) atoms. The number of aryl methyl sites for hydroxylation is 3. The minimum atomic E-state index is 0.587. The van der Waals surface area contributed by atoms with Gasteiger partial charge in [-0.1, -0.05) is 41.6 Å². The van der Waals surface area contributed by atoms with E-state index in [4.69, 9.17) is 19.0 Å². The van der Waals surface area contributed by atoms with Crippen molar-refractivity contribution in [3.63, 3.8) is 0 Å². The Morgan fingerprint density at radius 2 is 1.61 bits per heavy atom. The van der Waals surface area contributed by atoms with Crippen molar-refractivity contribution in [2.24, 2.45) is 5.16 Å². The molecule has 0 unspecified atom stereocenters. The van der Waals surface area contributed by atoms with Crippen LogP contribution in [0, 0.1) is 13.8 Å². The van der Waals surface area contributed by atoms with Crippen molar-refractivity contribution in [3.05, 3.63) is 70.8 Å². The first-order valence-electron chi connectivity index (χ1n) is 11.7. The lowest BCUT2D eigenvalue weighted by atomic mass is 10.1. The highest BCUT2D eigenvalue weighted by molar-refractivity contribution is 5.81. The van der Waals surface area contributed by atoms with Crippen molar-refractivity contribution in [2.75, 3.05) is 26.9 Å². The molecule has 5 nitrogen and oxygen atoms in total. The van der Waals surface area contributed by atoms with Crippen LogP contribution in [0.2, 0.25) is 0 Å². The van der Waals surface area contributed by atoms with Gasteiger partial charge < -0.3 is 19.0 Å². The summed E-state index contributed by atoms with van der Waals surface area (Å²) in [6, 6.07) is 12.7. The number of benzene rings is 2. The quantitative estimate of drug-likeness (QED) is 0.132. The molecule has 0 heterocycles. The number of nitrogens with zero attached hydrogens (tertiary/aromatic N) is 1. The van der Waals surface area contributed by atoms with E-state index in [1.165, 1.54) is 11.1 Å². The lowest BCUT2D eigenvalue weighted by molar-refractivity contribution is 0.113. The van der Waals surface area contributed by atoms with Gasteiger partial charge in [-0.15, -0.1) is 0 Å². The van der Waals surface area contributed by atoms with E-state index in [2.05, 4.69) is 43.3 Å². The summed E-state index contributed by atoms with van der Waals surface area (Å²) >= 11 is 0. The molecule has 0 aromatic heterocycles. The lowest BCUT2D eigenvalue weighted by Crippen LogP contribution is -2.04. The normalized spacial score (nSPS) is 11.7. The van der Waals surface area contributed by atoms with E-state index in [-0.39, 0.29) is 0 Å². The molecule has 0 saturated heterocycles. The molecule has 0 spiro atoms. The molecule has 0 radical (unpaired) electrons. The van der Waals surface area contributed by atoms with Gasteiger partial charge in [-0.25, -0.2) is 0 Å². The summed E-state index contributed by atoms with van der Waals surface area (Å²) in [5.74, 6) is 1.84. The van der Waals surface area contributed by atoms with E-state index in [1.807, 2.05) is 38.1 Å². The highest BCUT2D eigenvalue weighted by atomic mass is 16.6. The number of hydrogen-bond donors (Lipinski definition) is 0. The summed E-state index contributed by atoms with van der Waals surface area (Å²) in [4.78, 5) is 4.80. The Kier molecular flexibility index (Phi) is 12.1. The molecule has 0 atom stereocenters. The van der Waals surface area contributed by atoms with Crippen LogP contribution in [0.3, 0.4) is 0 Å². The van der Waals surface area contributed by atoms with E-state index in [0.29, 0.717) is 19.8 Å². The fourth-order valence-corrected chi connectivity index (χ4v) is 3.46. The summed E-state index contributed by atoms with van der Waals surface area (Å²) in [6.07, 6.45) is 7.78. The summed E-state index contributed by atoms with van der Waals surface area (Å²) < 4.78 is 17.6. The Labute approximate surface area is 199 Å². The average Bonchev–Trinajstić information content (AvgIpc) is 2.79. The predicted octanol–water partition coefficient (Wildman–Crippen LogP) is 6.59. The van der Waals surface area contributed by atoms with Crippen LogP contribution in [-0.2, 0) is 22.6 Å². The molecule has 0 N–H and O–H groups in total. The molecular weight excluding hydrogens is 414 g/mol. The van der Waals surface area contributed by atoms with Crippen molar-refractivity contribution in [3.8, 4) is 11.5 Å². The van der Waals surface area contributed by atoms with Crippen LogP contribution in [-0.4, -0.2) is 32.6 Å². The second-order valence-electron chi connectivity index (χ2n) is 8.20. The van der Waals surface area contributed by atoms with E-state index in [9.17, 15) is 0 Å². The van der Waals surface area contributed by atoms with Gasteiger partial charge in [-0.3, -0.25) is 0 Å². The zero-order valence-electron chi connectivity index (χ0n) is 20.9. The predicted molar refractivity (Wildman–Crippen MR) is 135 cm³/mol. The van der Waals surface area contributed by atoms with Gasteiger partial charge in [-0.05, 0) is 87.8 Å². The van der Waals surface area contributed by atoms with Gasteiger partial charge >= 0.3 is 0 Å². The fourth-order valence-electron chi connectivity index (χ4n) is 3.46. The molecular formula is C28H39NO4. The molecule has 2 aromatic rings. The van der Waals surface area contributed by atoms with E-state index in [1.54, 1.807) is 7.11 Å². The van der Waals surface area contributed by atoms with Crippen molar-refractivity contribution in [1.82, 2.24) is 0 Å². The number of allylic oxidation sites excluding steroid dienone is 1. The van der Waals surface area contributed by atoms with Crippen LogP contribution < -0.4 is 9.47 Å². The van der Waals surface area contributed by atoms with E-state index >= 15 is 0 Å². The van der Waals surface area contributed by atoms with Gasteiger partial charge in [0.15, 0.2) is 0 Å². The maximum Gasteiger partial charge on any atom is 0.125 e. The topological polar surface area (TPSA) is 49.3 Å². The van der Waals surface area contributed by atoms with Crippen molar-refractivity contribution in [1.29, 1.82) is 0 Å². The SMILES string of the molecule is C/C=C/COc1cc(C)c(OCCCCOCc2ccc(CCC(C)=NOC)cc2)c(C)c1. The first kappa shape index (κ1) is 26.5. The fraction of sp³-hybridized carbons (Fsp3) is 0.464. The summed E-state index contributed by atoms with van der Waals surface area (Å²) in [5.41, 5.74) is 5.70. The lowest BCUT2D eigenvalue weighted by Gasteiger charge is -2.14. The Morgan fingerprint density at radius 1 is 0.939 bits per heavy atom. The minimum absolute atomic E-state index is 0.587.